The van der Waals surface area contributed by atoms with Crippen molar-refractivity contribution >= 4 is 11.9 Å². The summed E-state index contributed by atoms with van der Waals surface area (Å²) in [5, 5.41) is 0. The van der Waals surface area contributed by atoms with E-state index >= 15 is 0 Å². The predicted molar refractivity (Wildman–Crippen MR) is 126 cm³/mol. The van der Waals surface area contributed by atoms with Gasteiger partial charge in [-0.3, -0.25) is 4.79 Å². The van der Waals surface area contributed by atoms with Crippen molar-refractivity contribution in [1.82, 2.24) is 9.88 Å². The number of nitrogens with zero attached hydrogens (tertiary/aromatic N) is 2. The Bertz CT molecular complexity index is 1220. The molecule has 0 N–H and O–H groups in total. The molecule has 1 spiro atoms. The molecule has 35 heavy (non-hydrogen) atoms. The summed E-state index contributed by atoms with van der Waals surface area (Å²) in [5.74, 6) is 1.02. The number of likely N-dealkylation sites (tertiary alicyclic amines) is 1. The zero-order chi connectivity index (χ0) is 24.3. The van der Waals surface area contributed by atoms with Gasteiger partial charge in [-0.2, -0.15) is 0 Å². The number of carbonyl (C=O) groups excluding carboxylic acids is 2. The molecule has 8 nitrogen and oxygen atoms in total. The number of hydrogen-bond donors (Lipinski definition) is 0. The fourth-order valence-corrected chi connectivity index (χ4v) is 6.47. The number of likely N-dealkylation sites (N-methyl/N-ethyl adjacent to an activating group) is 1. The highest BCUT2D eigenvalue weighted by atomic mass is 16.6. The number of aromatic nitrogens is 1. The summed E-state index contributed by atoms with van der Waals surface area (Å²) >= 11 is 0. The van der Waals surface area contributed by atoms with Crippen molar-refractivity contribution in [3.63, 3.8) is 0 Å². The van der Waals surface area contributed by atoms with Crippen LogP contribution >= 0.6 is 0 Å². The second-order valence-electron chi connectivity index (χ2n) is 9.70. The molecule has 2 aromatic rings. The van der Waals surface area contributed by atoms with Gasteiger partial charge in [0, 0.05) is 42.1 Å². The van der Waals surface area contributed by atoms with Gasteiger partial charge in [-0.1, -0.05) is 12.1 Å². The summed E-state index contributed by atoms with van der Waals surface area (Å²) in [6, 6.07) is 7.63. The Morgan fingerprint density at radius 3 is 2.83 bits per heavy atom. The highest BCUT2D eigenvalue weighted by Crippen LogP contribution is 2.62. The van der Waals surface area contributed by atoms with Gasteiger partial charge in [0.05, 0.1) is 12.2 Å². The fraction of sp³-hybridized carbons (Fsp3) is 0.444. The maximum absolute atomic E-state index is 12.0. The first-order valence-corrected chi connectivity index (χ1v) is 12.1. The van der Waals surface area contributed by atoms with E-state index in [1.807, 2.05) is 6.07 Å². The lowest BCUT2D eigenvalue weighted by Gasteiger charge is -2.56. The minimum Gasteiger partial charge on any atom is -0.481 e. The molecule has 4 aliphatic rings. The number of pyridine rings is 1. The van der Waals surface area contributed by atoms with Gasteiger partial charge in [0.15, 0.2) is 17.6 Å². The minimum absolute atomic E-state index is 0.263. The quantitative estimate of drug-likeness (QED) is 0.370. The van der Waals surface area contributed by atoms with Crippen LogP contribution in [-0.4, -0.2) is 60.3 Å². The Balaban J connectivity index is 1.38. The number of esters is 2. The topological polar surface area (TPSA) is 87.2 Å². The summed E-state index contributed by atoms with van der Waals surface area (Å²) in [4.78, 5) is 30.6. The molecule has 1 aromatic carbocycles. The lowest BCUT2D eigenvalue weighted by atomic mass is 9.53. The van der Waals surface area contributed by atoms with Gasteiger partial charge in [0.25, 0.3) is 0 Å². The van der Waals surface area contributed by atoms with Gasteiger partial charge in [-0.05, 0) is 57.1 Å². The summed E-state index contributed by atoms with van der Waals surface area (Å²) in [6.07, 6.45) is 6.98. The molecular weight excluding hydrogens is 448 g/mol. The third-order valence-corrected chi connectivity index (χ3v) is 7.87. The van der Waals surface area contributed by atoms with Gasteiger partial charge in [-0.25, -0.2) is 9.78 Å². The molecule has 8 heteroatoms. The van der Waals surface area contributed by atoms with Crippen molar-refractivity contribution in [1.29, 1.82) is 0 Å². The monoisotopic (exact) mass is 476 g/mol. The van der Waals surface area contributed by atoms with Crippen LogP contribution in [0.3, 0.4) is 0 Å². The smallest absolute Gasteiger partial charge is 0.339 e. The zero-order valence-corrected chi connectivity index (χ0v) is 20.0. The maximum atomic E-state index is 12.0. The first kappa shape index (κ1) is 22.1. The molecule has 0 unspecified atom stereocenters. The van der Waals surface area contributed by atoms with Gasteiger partial charge in [-0.15, -0.1) is 0 Å². The maximum Gasteiger partial charge on any atom is 0.339 e. The second-order valence-corrected chi connectivity index (χ2v) is 9.70. The van der Waals surface area contributed by atoms with E-state index in [1.165, 1.54) is 24.2 Å². The van der Waals surface area contributed by atoms with Gasteiger partial charge < -0.3 is 23.8 Å². The average Bonchev–Trinajstić information content (AvgIpc) is 3.19. The van der Waals surface area contributed by atoms with Crippen LogP contribution in [0, 0.1) is 5.92 Å². The number of benzene rings is 1. The van der Waals surface area contributed by atoms with Crippen LogP contribution in [0.5, 0.6) is 17.4 Å². The van der Waals surface area contributed by atoms with Crippen molar-refractivity contribution in [2.45, 2.75) is 50.4 Å². The predicted octanol–water partition coefficient (Wildman–Crippen LogP) is 3.08. The van der Waals surface area contributed by atoms with Crippen LogP contribution in [0.4, 0.5) is 0 Å². The summed E-state index contributed by atoms with van der Waals surface area (Å²) in [5.41, 5.74) is 2.53. The molecule has 0 amide bonds. The largest absolute Gasteiger partial charge is 0.481 e. The van der Waals surface area contributed by atoms with Crippen LogP contribution in [0.1, 0.15) is 41.8 Å². The number of carbonyl (C=O) groups is 2. The molecule has 0 saturated carbocycles. The van der Waals surface area contributed by atoms with E-state index < -0.39 is 5.97 Å². The standard InChI is InChI=1S/C27H28N2O6/c1-4-32-26(31)17-6-10-22(28-14-17)34-21-9-7-18-19-13-16-5-8-20(33-15(2)30)24-23(16)27(18,25(21)35-24)11-12-29(19)3/h5-10,14,18-19,21,25H,4,11-13H2,1-3H3/t18-,19+,21-,25-,27-/m0/s1. The Morgan fingerprint density at radius 2 is 2.09 bits per heavy atom. The summed E-state index contributed by atoms with van der Waals surface area (Å²) in [6.45, 7) is 4.42. The summed E-state index contributed by atoms with van der Waals surface area (Å²) in [7, 11) is 2.19. The van der Waals surface area contributed by atoms with E-state index in [0.29, 0.717) is 35.6 Å². The van der Waals surface area contributed by atoms with E-state index in [2.05, 4.69) is 35.1 Å². The van der Waals surface area contributed by atoms with E-state index in [-0.39, 0.29) is 29.5 Å². The van der Waals surface area contributed by atoms with Crippen molar-refractivity contribution in [2.24, 2.45) is 5.92 Å². The molecule has 2 bridgehead atoms. The van der Waals surface area contributed by atoms with Crippen molar-refractivity contribution in [2.75, 3.05) is 20.2 Å². The van der Waals surface area contributed by atoms with E-state index in [0.717, 1.165) is 19.4 Å². The van der Waals surface area contributed by atoms with Crippen molar-refractivity contribution in [3.8, 4) is 17.4 Å². The number of ether oxygens (including phenoxy) is 4. The molecule has 1 aromatic heterocycles. The molecule has 2 aliphatic heterocycles. The number of piperidine rings is 1. The van der Waals surface area contributed by atoms with Crippen LogP contribution < -0.4 is 14.2 Å². The zero-order valence-electron chi connectivity index (χ0n) is 20.0. The summed E-state index contributed by atoms with van der Waals surface area (Å²) < 4.78 is 23.6. The van der Waals surface area contributed by atoms with Crippen LogP contribution in [-0.2, 0) is 21.4 Å². The van der Waals surface area contributed by atoms with Gasteiger partial charge in [0.1, 0.15) is 6.10 Å². The molecule has 0 radical (unpaired) electrons. The molecule has 6 rings (SSSR count). The Morgan fingerprint density at radius 1 is 1.23 bits per heavy atom. The van der Waals surface area contributed by atoms with Crippen LogP contribution in [0.25, 0.3) is 0 Å². The minimum atomic E-state index is -0.412. The molecular formula is C27H28N2O6. The molecule has 3 heterocycles. The Hall–Kier alpha value is -3.39. The highest BCUT2D eigenvalue weighted by Gasteiger charge is 2.65. The van der Waals surface area contributed by atoms with Crippen LogP contribution in [0.15, 0.2) is 42.6 Å². The molecule has 5 atom stereocenters. The van der Waals surface area contributed by atoms with Crippen molar-refractivity contribution in [3.05, 3.63) is 59.3 Å². The molecule has 1 fully saturated rings. The number of rotatable bonds is 5. The SMILES string of the molecule is CCOC(=O)c1ccc(O[C@H]2C=C[C@H]3[C@H]4Cc5ccc(OC(C)=O)c6c5[C@@]3(CCN4C)[C@H]2O6)nc1. The van der Waals surface area contributed by atoms with Gasteiger partial charge in [0.2, 0.25) is 5.88 Å². The van der Waals surface area contributed by atoms with Crippen LogP contribution in [0.2, 0.25) is 0 Å². The highest BCUT2D eigenvalue weighted by molar-refractivity contribution is 5.89. The second kappa shape index (κ2) is 8.09. The average molecular weight is 477 g/mol. The normalized spacial score (nSPS) is 29.7. The molecule has 182 valence electrons. The third kappa shape index (κ3) is 3.26. The first-order valence-electron chi connectivity index (χ1n) is 12.1. The lowest BCUT2D eigenvalue weighted by Crippen LogP contribution is -2.65. The fourth-order valence-electron chi connectivity index (χ4n) is 6.47. The third-order valence-electron chi connectivity index (χ3n) is 7.87. The Labute approximate surface area is 203 Å². The Kier molecular flexibility index (Phi) is 5.11. The van der Waals surface area contributed by atoms with Crippen molar-refractivity contribution < 1.29 is 28.5 Å². The molecule has 2 aliphatic carbocycles. The number of hydrogen-bond acceptors (Lipinski definition) is 8. The van der Waals surface area contributed by atoms with E-state index in [4.69, 9.17) is 18.9 Å². The lowest BCUT2D eigenvalue weighted by molar-refractivity contribution is -0.132. The van der Waals surface area contributed by atoms with E-state index in [1.54, 1.807) is 19.1 Å². The van der Waals surface area contributed by atoms with E-state index in [9.17, 15) is 9.59 Å². The first-order chi connectivity index (χ1) is 16.9. The van der Waals surface area contributed by atoms with Gasteiger partial charge >= 0.3 is 11.9 Å². The molecule has 1 saturated heterocycles.